The van der Waals surface area contributed by atoms with E-state index in [1.165, 1.54) is 0 Å². The summed E-state index contributed by atoms with van der Waals surface area (Å²) in [6.45, 7) is 2.73. The molecule has 2 aliphatic heterocycles. The smallest absolute Gasteiger partial charge is 0.282 e. The molecule has 0 aromatic heterocycles. The molecule has 5 nitrogen and oxygen atoms in total. The minimum absolute atomic E-state index is 0.362. The fourth-order valence-electron chi connectivity index (χ4n) is 2.63. The van der Waals surface area contributed by atoms with Gasteiger partial charge in [-0.1, -0.05) is 0 Å². The molecule has 2 rings (SSSR count). The molecule has 2 aliphatic rings. The van der Waals surface area contributed by atoms with Crippen LogP contribution < -0.4 is 0 Å². The van der Waals surface area contributed by atoms with Gasteiger partial charge >= 0.3 is 0 Å². The monoisotopic (exact) mass is 261 g/mol. The van der Waals surface area contributed by atoms with E-state index in [4.69, 9.17) is 0 Å². The van der Waals surface area contributed by atoms with Gasteiger partial charge in [0.1, 0.15) is 0 Å². The van der Waals surface area contributed by atoms with E-state index in [1.807, 2.05) is 14.1 Å². The first-order valence-corrected chi connectivity index (χ1v) is 7.83. The van der Waals surface area contributed by atoms with E-state index >= 15 is 0 Å². The van der Waals surface area contributed by atoms with Gasteiger partial charge in [0, 0.05) is 32.2 Å². The Kier molecular flexibility index (Phi) is 4.07. The van der Waals surface area contributed by atoms with Crippen LogP contribution in [0.3, 0.4) is 0 Å². The molecule has 2 fully saturated rings. The molecule has 0 aliphatic carbocycles. The van der Waals surface area contributed by atoms with Gasteiger partial charge in [0.25, 0.3) is 10.2 Å². The van der Waals surface area contributed by atoms with Gasteiger partial charge in [-0.15, -0.1) is 0 Å². The van der Waals surface area contributed by atoms with Gasteiger partial charge in [-0.3, -0.25) is 0 Å². The number of piperidine rings is 1. The Labute approximate surface area is 105 Å². The summed E-state index contributed by atoms with van der Waals surface area (Å²) >= 11 is 0. The highest BCUT2D eigenvalue weighted by molar-refractivity contribution is 7.86. The first-order chi connectivity index (χ1) is 8.01. The zero-order chi connectivity index (χ0) is 12.5. The molecular formula is C11H23N3O2S. The maximum absolute atomic E-state index is 12.4. The van der Waals surface area contributed by atoms with E-state index in [2.05, 4.69) is 4.90 Å². The van der Waals surface area contributed by atoms with Crippen molar-refractivity contribution in [1.82, 2.24) is 13.5 Å². The van der Waals surface area contributed by atoms with Crippen LogP contribution >= 0.6 is 0 Å². The molecule has 100 valence electrons. The fraction of sp³-hybridized carbons (Fsp3) is 1.00. The Hall–Kier alpha value is -0.170. The lowest BCUT2D eigenvalue weighted by molar-refractivity contribution is 0.184. The van der Waals surface area contributed by atoms with Gasteiger partial charge < -0.3 is 4.90 Å². The molecule has 0 radical (unpaired) electrons. The summed E-state index contributed by atoms with van der Waals surface area (Å²) in [6.07, 6.45) is 4.07. The first-order valence-electron chi connectivity index (χ1n) is 6.43. The highest BCUT2D eigenvalue weighted by atomic mass is 32.2. The summed E-state index contributed by atoms with van der Waals surface area (Å²) in [5.41, 5.74) is 0. The lowest BCUT2D eigenvalue weighted by Gasteiger charge is -2.36. The third kappa shape index (κ3) is 2.81. The van der Waals surface area contributed by atoms with Crippen LogP contribution in [0, 0.1) is 0 Å². The van der Waals surface area contributed by atoms with Crippen molar-refractivity contribution in [1.29, 1.82) is 0 Å². The SMILES string of the molecule is CN(C)C1CCCN(S(=O)(=O)N2CCCC2)C1. The second-order valence-corrected chi connectivity index (χ2v) is 7.16. The molecule has 0 aromatic carbocycles. The number of hydrogen-bond donors (Lipinski definition) is 0. The van der Waals surface area contributed by atoms with Crippen LogP contribution in [0.25, 0.3) is 0 Å². The molecule has 0 spiro atoms. The van der Waals surface area contributed by atoms with Crippen LogP contribution in [0.5, 0.6) is 0 Å². The predicted molar refractivity (Wildman–Crippen MR) is 68.0 cm³/mol. The van der Waals surface area contributed by atoms with E-state index in [0.29, 0.717) is 32.2 Å². The number of rotatable bonds is 3. The summed E-state index contributed by atoms with van der Waals surface area (Å²) in [5, 5.41) is 0. The van der Waals surface area contributed by atoms with Crippen molar-refractivity contribution >= 4 is 10.2 Å². The van der Waals surface area contributed by atoms with Crippen LogP contribution in [-0.2, 0) is 10.2 Å². The van der Waals surface area contributed by atoms with E-state index < -0.39 is 10.2 Å². The van der Waals surface area contributed by atoms with Crippen LogP contribution in [0.2, 0.25) is 0 Å². The summed E-state index contributed by atoms with van der Waals surface area (Å²) in [4.78, 5) is 2.13. The molecule has 17 heavy (non-hydrogen) atoms. The fourth-order valence-corrected chi connectivity index (χ4v) is 4.40. The molecule has 2 heterocycles. The molecular weight excluding hydrogens is 238 g/mol. The Morgan fingerprint density at radius 1 is 1.00 bits per heavy atom. The topological polar surface area (TPSA) is 43.9 Å². The number of nitrogens with zero attached hydrogens (tertiary/aromatic N) is 3. The quantitative estimate of drug-likeness (QED) is 0.736. The largest absolute Gasteiger partial charge is 0.305 e. The number of hydrogen-bond acceptors (Lipinski definition) is 3. The van der Waals surface area contributed by atoms with Gasteiger partial charge in [0.05, 0.1) is 0 Å². The zero-order valence-electron chi connectivity index (χ0n) is 10.8. The summed E-state index contributed by atoms with van der Waals surface area (Å²) in [6, 6.07) is 0.362. The maximum atomic E-state index is 12.4. The lowest BCUT2D eigenvalue weighted by atomic mass is 10.1. The average Bonchev–Trinajstić information content (AvgIpc) is 2.83. The van der Waals surface area contributed by atoms with Crippen molar-refractivity contribution in [2.24, 2.45) is 0 Å². The Balaban J connectivity index is 2.05. The van der Waals surface area contributed by atoms with Crippen LogP contribution in [0.15, 0.2) is 0 Å². The average molecular weight is 261 g/mol. The molecule has 0 amide bonds. The third-order valence-electron chi connectivity index (χ3n) is 3.81. The molecule has 0 bridgehead atoms. The lowest BCUT2D eigenvalue weighted by Crippen LogP contribution is -2.51. The molecule has 0 aromatic rings. The van der Waals surface area contributed by atoms with E-state index in [0.717, 1.165) is 25.7 Å². The van der Waals surface area contributed by atoms with Crippen molar-refractivity contribution in [2.45, 2.75) is 31.7 Å². The van der Waals surface area contributed by atoms with Crippen LogP contribution in [0.4, 0.5) is 0 Å². The summed E-state index contributed by atoms with van der Waals surface area (Å²) in [7, 11) is 0.861. The van der Waals surface area contributed by atoms with Gasteiger partial charge in [-0.05, 0) is 39.8 Å². The highest BCUT2D eigenvalue weighted by Gasteiger charge is 2.35. The molecule has 1 unspecified atom stereocenters. The van der Waals surface area contributed by atoms with Gasteiger partial charge in [-0.2, -0.15) is 17.0 Å². The highest BCUT2D eigenvalue weighted by Crippen LogP contribution is 2.22. The Bertz CT molecular complexity index is 350. The van der Waals surface area contributed by atoms with Crippen LogP contribution in [0.1, 0.15) is 25.7 Å². The van der Waals surface area contributed by atoms with E-state index in [1.54, 1.807) is 8.61 Å². The first kappa shape index (κ1) is 13.3. The third-order valence-corrected chi connectivity index (χ3v) is 5.81. The number of likely N-dealkylation sites (N-methyl/N-ethyl adjacent to an activating group) is 1. The Morgan fingerprint density at radius 2 is 1.59 bits per heavy atom. The van der Waals surface area contributed by atoms with Gasteiger partial charge in [0.2, 0.25) is 0 Å². The second-order valence-electron chi connectivity index (χ2n) is 5.23. The van der Waals surface area contributed by atoms with E-state index in [9.17, 15) is 8.42 Å². The molecule has 6 heteroatoms. The standard InChI is InChI=1S/C11H23N3O2S/c1-12(2)11-6-5-9-14(10-11)17(15,16)13-7-3-4-8-13/h11H,3-10H2,1-2H3. The van der Waals surface area contributed by atoms with Gasteiger partial charge in [-0.25, -0.2) is 0 Å². The minimum Gasteiger partial charge on any atom is -0.305 e. The zero-order valence-corrected chi connectivity index (χ0v) is 11.6. The Morgan fingerprint density at radius 3 is 2.18 bits per heavy atom. The van der Waals surface area contributed by atoms with Crippen molar-refractivity contribution < 1.29 is 8.42 Å². The second kappa shape index (κ2) is 5.22. The van der Waals surface area contributed by atoms with Crippen LogP contribution in [-0.4, -0.2) is 68.2 Å². The molecule has 0 saturated carbocycles. The van der Waals surface area contributed by atoms with Gasteiger partial charge in [0.15, 0.2) is 0 Å². The summed E-state index contributed by atoms with van der Waals surface area (Å²) in [5.74, 6) is 0. The van der Waals surface area contributed by atoms with Crippen molar-refractivity contribution in [3.05, 3.63) is 0 Å². The normalized spacial score (nSPS) is 29.0. The molecule has 2 saturated heterocycles. The molecule has 0 N–H and O–H groups in total. The molecule has 1 atom stereocenters. The maximum Gasteiger partial charge on any atom is 0.282 e. The van der Waals surface area contributed by atoms with E-state index in [-0.39, 0.29) is 0 Å². The minimum atomic E-state index is -3.19. The predicted octanol–water partition coefficient (Wildman–Crippen LogP) is 0.353. The van der Waals surface area contributed by atoms with Crippen molar-refractivity contribution in [3.8, 4) is 0 Å². The van der Waals surface area contributed by atoms with Crippen molar-refractivity contribution in [3.63, 3.8) is 0 Å². The van der Waals surface area contributed by atoms with Crippen molar-refractivity contribution in [2.75, 3.05) is 40.3 Å². The summed E-state index contributed by atoms with van der Waals surface area (Å²) < 4.78 is 28.1.